The summed E-state index contributed by atoms with van der Waals surface area (Å²) in [4.78, 5) is 11.7. The van der Waals surface area contributed by atoms with Crippen molar-refractivity contribution in [3.63, 3.8) is 0 Å². The number of benzene rings is 1. The molecule has 0 bridgehead atoms. The van der Waals surface area contributed by atoms with Gasteiger partial charge < -0.3 is 14.8 Å². The highest BCUT2D eigenvalue weighted by Gasteiger charge is 2.27. The lowest BCUT2D eigenvalue weighted by atomic mass is 10.1. The molecule has 1 aromatic carbocycles. The van der Waals surface area contributed by atoms with Gasteiger partial charge in [-0.3, -0.25) is 4.79 Å². The van der Waals surface area contributed by atoms with E-state index in [1.54, 1.807) is 18.2 Å². The molecule has 1 amide bonds. The van der Waals surface area contributed by atoms with Gasteiger partial charge in [-0.05, 0) is 24.5 Å². The topological polar surface area (TPSA) is 81.7 Å². The van der Waals surface area contributed by atoms with Crippen LogP contribution in [0.4, 0.5) is 0 Å². The maximum Gasteiger partial charge on any atom is 0.257 e. The first-order chi connectivity index (χ1) is 10.00. The Bertz CT molecular complexity index is 599. The van der Waals surface area contributed by atoms with E-state index in [0.717, 1.165) is 0 Å². The summed E-state index contributed by atoms with van der Waals surface area (Å²) < 4.78 is 33.1. The van der Waals surface area contributed by atoms with E-state index in [9.17, 15) is 13.2 Å². The third-order valence-electron chi connectivity index (χ3n) is 3.34. The van der Waals surface area contributed by atoms with Gasteiger partial charge in [0.2, 0.25) is 0 Å². The van der Waals surface area contributed by atoms with Crippen LogP contribution in [0.5, 0.6) is 11.5 Å². The number of amides is 1. The van der Waals surface area contributed by atoms with Gasteiger partial charge >= 0.3 is 0 Å². The van der Waals surface area contributed by atoms with E-state index in [1.807, 2.05) is 6.07 Å². The predicted molar refractivity (Wildman–Crippen MR) is 78.3 cm³/mol. The molecule has 1 fully saturated rings. The minimum absolute atomic E-state index is 0.00483. The van der Waals surface area contributed by atoms with Crippen LogP contribution < -0.4 is 14.8 Å². The molecule has 116 valence electrons. The van der Waals surface area contributed by atoms with Crippen molar-refractivity contribution in [1.29, 1.82) is 0 Å². The van der Waals surface area contributed by atoms with Crippen LogP contribution >= 0.6 is 0 Å². The summed E-state index contributed by atoms with van der Waals surface area (Å²) in [5, 5.41) is 2.70. The number of carbonyl (C=O) groups is 1. The molecule has 0 radical (unpaired) electrons. The molecular formula is C14H19NO5S. The quantitative estimate of drug-likeness (QED) is 0.833. The monoisotopic (exact) mass is 313 g/mol. The summed E-state index contributed by atoms with van der Waals surface area (Å²) >= 11 is 0. The van der Waals surface area contributed by atoms with Crippen molar-refractivity contribution < 1.29 is 22.7 Å². The minimum atomic E-state index is -2.91. The van der Waals surface area contributed by atoms with E-state index in [4.69, 9.17) is 9.47 Å². The standard InChI is InChI=1S/C14H19NO5S/c1-19-12-4-2-3-5-13(12)20-9-14(16)15-8-11-6-7-21(17,18)10-11/h2-5,11H,6-10H2,1H3,(H,15,16). The van der Waals surface area contributed by atoms with Crippen molar-refractivity contribution in [3.05, 3.63) is 24.3 Å². The largest absolute Gasteiger partial charge is 0.493 e. The number of para-hydroxylation sites is 2. The van der Waals surface area contributed by atoms with Gasteiger partial charge in [-0.25, -0.2) is 8.42 Å². The molecular weight excluding hydrogens is 294 g/mol. The van der Waals surface area contributed by atoms with Gasteiger partial charge in [0.05, 0.1) is 18.6 Å². The second kappa shape index (κ2) is 6.80. The number of sulfone groups is 1. The second-order valence-corrected chi connectivity index (χ2v) is 7.24. The number of ether oxygens (including phenoxy) is 2. The number of carbonyl (C=O) groups excluding carboxylic acids is 1. The van der Waals surface area contributed by atoms with Gasteiger partial charge in [0, 0.05) is 6.54 Å². The normalized spacial score (nSPS) is 20.0. The highest BCUT2D eigenvalue weighted by atomic mass is 32.2. The molecule has 7 heteroatoms. The van der Waals surface area contributed by atoms with Crippen LogP contribution in [0, 0.1) is 5.92 Å². The van der Waals surface area contributed by atoms with Crippen molar-refractivity contribution in [3.8, 4) is 11.5 Å². The number of hydrogen-bond acceptors (Lipinski definition) is 5. The number of methoxy groups -OCH3 is 1. The predicted octanol–water partition coefficient (Wildman–Crippen LogP) is 0.625. The van der Waals surface area contributed by atoms with Gasteiger partial charge in [-0.1, -0.05) is 12.1 Å². The minimum Gasteiger partial charge on any atom is -0.493 e. The first kappa shape index (κ1) is 15.6. The molecule has 0 aromatic heterocycles. The Balaban J connectivity index is 1.75. The van der Waals surface area contributed by atoms with Crippen LogP contribution in [0.3, 0.4) is 0 Å². The van der Waals surface area contributed by atoms with Crippen LogP contribution in [0.15, 0.2) is 24.3 Å². The van der Waals surface area contributed by atoms with E-state index in [1.165, 1.54) is 7.11 Å². The fraction of sp³-hybridized carbons (Fsp3) is 0.500. The van der Waals surface area contributed by atoms with Crippen LogP contribution in [0.1, 0.15) is 6.42 Å². The highest BCUT2D eigenvalue weighted by Crippen LogP contribution is 2.25. The van der Waals surface area contributed by atoms with Crippen LogP contribution in [-0.2, 0) is 14.6 Å². The van der Waals surface area contributed by atoms with Gasteiger partial charge in [0.15, 0.2) is 27.9 Å². The summed E-state index contributed by atoms with van der Waals surface area (Å²) in [6.45, 7) is 0.243. The fourth-order valence-corrected chi connectivity index (χ4v) is 4.09. The molecule has 2 rings (SSSR count). The Morgan fingerprint density at radius 2 is 2.05 bits per heavy atom. The maximum absolute atomic E-state index is 11.7. The Hall–Kier alpha value is -1.76. The van der Waals surface area contributed by atoms with E-state index < -0.39 is 9.84 Å². The first-order valence-electron chi connectivity index (χ1n) is 6.73. The van der Waals surface area contributed by atoms with Crippen molar-refractivity contribution in [2.45, 2.75) is 6.42 Å². The van der Waals surface area contributed by atoms with Gasteiger partial charge in [0.25, 0.3) is 5.91 Å². The summed E-state index contributed by atoms with van der Waals surface area (Å²) in [5.74, 6) is 1.16. The molecule has 21 heavy (non-hydrogen) atoms. The molecule has 1 heterocycles. The van der Waals surface area contributed by atoms with E-state index >= 15 is 0 Å². The summed E-state index contributed by atoms with van der Waals surface area (Å²) in [7, 11) is -1.38. The van der Waals surface area contributed by atoms with Crippen LogP contribution in [0.25, 0.3) is 0 Å². The zero-order valence-electron chi connectivity index (χ0n) is 11.9. The number of hydrogen-bond donors (Lipinski definition) is 1. The Morgan fingerprint density at radius 1 is 1.33 bits per heavy atom. The Morgan fingerprint density at radius 3 is 2.67 bits per heavy atom. The van der Waals surface area contributed by atoms with Crippen molar-refractivity contribution in [2.75, 3.05) is 31.8 Å². The molecule has 0 aliphatic carbocycles. The number of rotatable bonds is 6. The summed E-state index contributed by atoms with van der Waals surface area (Å²) in [6, 6.07) is 7.07. The van der Waals surface area contributed by atoms with Gasteiger partial charge in [0.1, 0.15) is 0 Å². The molecule has 1 N–H and O–H groups in total. The summed E-state index contributed by atoms with van der Waals surface area (Å²) in [6.07, 6.45) is 0.607. The molecule has 0 saturated carbocycles. The van der Waals surface area contributed by atoms with E-state index in [0.29, 0.717) is 24.5 Å². The zero-order valence-corrected chi connectivity index (χ0v) is 12.7. The number of nitrogens with one attached hydrogen (secondary N) is 1. The third kappa shape index (κ3) is 4.63. The highest BCUT2D eigenvalue weighted by molar-refractivity contribution is 7.91. The van der Waals surface area contributed by atoms with E-state index in [-0.39, 0.29) is 29.9 Å². The Labute approximate surface area is 124 Å². The van der Waals surface area contributed by atoms with Crippen LogP contribution in [-0.4, -0.2) is 46.1 Å². The lowest BCUT2D eigenvalue weighted by Crippen LogP contribution is -2.33. The smallest absolute Gasteiger partial charge is 0.257 e. The molecule has 1 aliphatic rings. The molecule has 1 saturated heterocycles. The van der Waals surface area contributed by atoms with Crippen LogP contribution in [0.2, 0.25) is 0 Å². The molecule has 1 aliphatic heterocycles. The zero-order chi connectivity index (χ0) is 15.3. The van der Waals surface area contributed by atoms with Gasteiger partial charge in [-0.2, -0.15) is 0 Å². The second-order valence-electron chi connectivity index (χ2n) is 5.01. The summed E-state index contributed by atoms with van der Waals surface area (Å²) in [5.41, 5.74) is 0. The van der Waals surface area contributed by atoms with E-state index in [2.05, 4.69) is 5.32 Å². The molecule has 6 nitrogen and oxygen atoms in total. The average Bonchev–Trinajstić information content (AvgIpc) is 2.82. The first-order valence-corrected chi connectivity index (χ1v) is 8.55. The maximum atomic E-state index is 11.7. The lowest BCUT2D eigenvalue weighted by molar-refractivity contribution is -0.123. The lowest BCUT2D eigenvalue weighted by Gasteiger charge is -2.12. The van der Waals surface area contributed by atoms with Crippen molar-refractivity contribution in [1.82, 2.24) is 5.32 Å². The fourth-order valence-electron chi connectivity index (χ4n) is 2.22. The molecule has 1 aromatic rings. The molecule has 0 spiro atoms. The molecule has 1 unspecified atom stereocenters. The third-order valence-corrected chi connectivity index (χ3v) is 5.18. The SMILES string of the molecule is COc1ccccc1OCC(=O)NCC1CCS(=O)(=O)C1. The molecule has 1 atom stereocenters. The average molecular weight is 313 g/mol. The Kier molecular flexibility index (Phi) is 5.06. The van der Waals surface area contributed by atoms with Crippen molar-refractivity contribution in [2.24, 2.45) is 5.92 Å². The van der Waals surface area contributed by atoms with Crippen molar-refractivity contribution >= 4 is 15.7 Å². The van der Waals surface area contributed by atoms with Gasteiger partial charge in [-0.15, -0.1) is 0 Å².